The Hall–Kier alpha value is -2.06. The van der Waals surface area contributed by atoms with E-state index in [4.69, 9.17) is 16.9 Å². The van der Waals surface area contributed by atoms with Crippen LogP contribution in [0.15, 0.2) is 36.5 Å². The highest BCUT2D eigenvalue weighted by atomic mass is 35.5. The molecule has 0 amide bonds. The molecule has 102 valence electrons. The first-order chi connectivity index (χ1) is 9.43. The van der Waals surface area contributed by atoms with Gasteiger partial charge in [-0.15, -0.1) is 0 Å². The Labute approximate surface area is 118 Å². The molecule has 0 unspecified atom stereocenters. The predicted octanol–water partition coefficient (Wildman–Crippen LogP) is 4.49. The summed E-state index contributed by atoms with van der Waals surface area (Å²) in [5.74, 6) is 0. The Kier molecular flexibility index (Phi) is 3.96. The Morgan fingerprint density at radius 3 is 2.55 bits per heavy atom. The smallest absolute Gasteiger partial charge is 0.258 e. The molecular formula is C14H8ClF3N2. The number of aromatic nitrogens is 1. The van der Waals surface area contributed by atoms with E-state index in [1.807, 2.05) is 6.07 Å². The lowest BCUT2D eigenvalue weighted by Crippen LogP contribution is -2.08. The molecule has 0 aliphatic heterocycles. The first-order valence-electron chi connectivity index (χ1n) is 5.61. The van der Waals surface area contributed by atoms with Gasteiger partial charge in [0, 0.05) is 11.8 Å². The minimum Gasteiger partial charge on any atom is -0.258 e. The van der Waals surface area contributed by atoms with Gasteiger partial charge in [-0.05, 0) is 17.7 Å². The molecule has 0 saturated heterocycles. The predicted molar refractivity (Wildman–Crippen MR) is 69.0 cm³/mol. The maximum atomic E-state index is 13.0. The number of pyridine rings is 1. The van der Waals surface area contributed by atoms with Gasteiger partial charge in [-0.1, -0.05) is 29.8 Å². The molecule has 0 radical (unpaired) electrons. The van der Waals surface area contributed by atoms with Gasteiger partial charge in [0.2, 0.25) is 0 Å². The van der Waals surface area contributed by atoms with E-state index >= 15 is 0 Å². The second-order valence-electron chi connectivity index (χ2n) is 4.03. The number of rotatable bonds is 2. The standard InChI is InChI=1S/C14H8ClF3N2/c15-9-7-11(13(5-6-19)20-8-9)10-3-1-2-4-12(10)14(16,17)18/h1-4,7-8H,5H2. The molecule has 20 heavy (non-hydrogen) atoms. The lowest BCUT2D eigenvalue weighted by molar-refractivity contribution is -0.137. The molecule has 0 aliphatic rings. The zero-order valence-electron chi connectivity index (χ0n) is 10.1. The van der Waals surface area contributed by atoms with Crippen LogP contribution < -0.4 is 0 Å². The van der Waals surface area contributed by atoms with Crippen LogP contribution in [-0.2, 0) is 12.6 Å². The van der Waals surface area contributed by atoms with Crippen molar-refractivity contribution >= 4 is 11.6 Å². The Balaban J connectivity index is 2.69. The SMILES string of the molecule is N#CCc1ncc(Cl)cc1-c1ccccc1C(F)(F)F. The van der Waals surface area contributed by atoms with Crippen molar-refractivity contribution in [1.29, 1.82) is 5.26 Å². The van der Waals surface area contributed by atoms with Crippen molar-refractivity contribution in [3.8, 4) is 17.2 Å². The van der Waals surface area contributed by atoms with Crippen molar-refractivity contribution in [2.24, 2.45) is 0 Å². The van der Waals surface area contributed by atoms with E-state index in [1.54, 1.807) is 0 Å². The second kappa shape index (κ2) is 5.51. The minimum atomic E-state index is -4.48. The van der Waals surface area contributed by atoms with Gasteiger partial charge in [0.1, 0.15) is 0 Å². The van der Waals surface area contributed by atoms with Gasteiger partial charge < -0.3 is 0 Å². The van der Waals surface area contributed by atoms with Crippen molar-refractivity contribution < 1.29 is 13.2 Å². The van der Waals surface area contributed by atoms with E-state index in [0.29, 0.717) is 0 Å². The molecule has 2 rings (SSSR count). The summed E-state index contributed by atoms with van der Waals surface area (Å²) in [7, 11) is 0. The van der Waals surface area contributed by atoms with Crippen molar-refractivity contribution in [3.05, 3.63) is 52.8 Å². The molecule has 0 N–H and O–H groups in total. The summed E-state index contributed by atoms with van der Waals surface area (Å²) in [5, 5.41) is 8.97. The Morgan fingerprint density at radius 2 is 1.90 bits per heavy atom. The minimum absolute atomic E-state index is 0.0275. The molecule has 1 heterocycles. The summed E-state index contributed by atoms with van der Waals surface area (Å²) < 4.78 is 39.1. The third-order valence-corrected chi connectivity index (χ3v) is 2.91. The van der Waals surface area contributed by atoms with Gasteiger partial charge in [-0.2, -0.15) is 18.4 Å². The lowest BCUT2D eigenvalue weighted by atomic mass is 9.97. The fraction of sp³-hybridized carbons (Fsp3) is 0.143. The summed E-state index contributed by atoms with van der Waals surface area (Å²) in [6.45, 7) is 0. The molecular weight excluding hydrogens is 289 g/mol. The van der Waals surface area contributed by atoms with Gasteiger partial charge in [-0.25, -0.2) is 0 Å². The average Bonchev–Trinajstić information content (AvgIpc) is 2.40. The van der Waals surface area contributed by atoms with Crippen LogP contribution in [0.1, 0.15) is 11.3 Å². The first kappa shape index (κ1) is 14.4. The monoisotopic (exact) mass is 296 g/mol. The van der Waals surface area contributed by atoms with Crippen molar-refractivity contribution in [3.63, 3.8) is 0 Å². The maximum absolute atomic E-state index is 13.0. The van der Waals surface area contributed by atoms with Crippen molar-refractivity contribution in [2.45, 2.75) is 12.6 Å². The van der Waals surface area contributed by atoms with Crippen LogP contribution in [0.5, 0.6) is 0 Å². The molecule has 0 bridgehead atoms. The summed E-state index contributed by atoms with van der Waals surface area (Å²) in [6, 6.07) is 8.43. The third-order valence-electron chi connectivity index (χ3n) is 2.71. The van der Waals surface area contributed by atoms with Crippen LogP contribution in [0.3, 0.4) is 0 Å². The molecule has 0 aliphatic carbocycles. The molecule has 6 heteroatoms. The van der Waals surface area contributed by atoms with E-state index in [0.717, 1.165) is 6.07 Å². The number of hydrogen-bond donors (Lipinski definition) is 0. The highest BCUT2D eigenvalue weighted by molar-refractivity contribution is 6.30. The van der Waals surface area contributed by atoms with Crippen LogP contribution in [-0.4, -0.2) is 4.98 Å². The highest BCUT2D eigenvalue weighted by Gasteiger charge is 2.33. The molecule has 1 aromatic heterocycles. The summed E-state index contributed by atoms with van der Waals surface area (Å²) in [4.78, 5) is 3.95. The van der Waals surface area contributed by atoms with Crippen molar-refractivity contribution in [2.75, 3.05) is 0 Å². The summed E-state index contributed by atoms with van der Waals surface area (Å²) in [6.07, 6.45) is -3.25. The largest absolute Gasteiger partial charge is 0.417 e. The fourth-order valence-electron chi connectivity index (χ4n) is 1.88. The van der Waals surface area contributed by atoms with E-state index in [1.165, 1.54) is 30.5 Å². The van der Waals surface area contributed by atoms with Gasteiger partial charge >= 0.3 is 6.18 Å². The number of benzene rings is 1. The van der Waals surface area contributed by atoms with E-state index in [2.05, 4.69) is 4.98 Å². The molecule has 0 saturated carbocycles. The molecule has 1 aromatic carbocycles. The molecule has 2 nitrogen and oxygen atoms in total. The van der Waals surface area contributed by atoms with Gasteiger partial charge in [0.05, 0.1) is 28.8 Å². The van der Waals surface area contributed by atoms with Crippen LogP contribution in [0.2, 0.25) is 5.02 Å². The quantitative estimate of drug-likeness (QED) is 0.819. The van der Waals surface area contributed by atoms with Crippen LogP contribution in [0.4, 0.5) is 13.2 Å². The number of alkyl halides is 3. The second-order valence-corrected chi connectivity index (χ2v) is 4.46. The summed E-state index contributed by atoms with van der Waals surface area (Å²) >= 11 is 5.81. The first-order valence-corrected chi connectivity index (χ1v) is 5.99. The van der Waals surface area contributed by atoms with Crippen molar-refractivity contribution in [1.82, 2.24) is 4.98 Å². The van der Waals surface area contributed by atoms with Crippen LogP contribution in [0, 0.1) is 11.3 Å². The fourth-order valence-corrected chi connectivity index (χ4v) is 2.04. The number of halogens is 4. The van der Waals surface area contributed by atoms with Crippen LogP contribution in [0.25, 0.3) is 11.1 Å². The number of nitriles is 1. The highest BCUT2D eigenvalue weighted by Crippen LogP contribution is 2.38. The van der Waals surface area contributed by atoms with E-state index in [9.17, 15) is 13.2 Å². The molecule has 0 fully saturated rings. The Morgan fingerprint density at radius 1 is 1.20 bits per heavy atom. The average molecular weight is 297 g/mol. The third kappa shape index (κ3) is 2.91. The summed E-state index contributed by atoms with van der Waals surface area (Å²) in [5.41, 5.74) is -0.302. The Bertz CT molecular complexity index is 675. The van der Waals surface area contributed by atoms with Gasteiger partial charge in [0.25, 0.3) is 0 Å². The van der Waals surface area contributed by atoms with Gasteiger partial charge in [-0.3, -0.25) is 4.98 Å². The molecule has 2 aromatic rings. The lowest BCUT2D eigenvalue weighted by Gasteiger charge is -2.14. The maximum Gasteiger partial charge on any atom is 0.417 e. The topological polar surface area (TPSA) is 36.7 Å². The zero-order valence-corrected chi connectivity index (χ0v) is 10.8. The molecule has 0 atom stereocenters. The van der Waals surface area contributed by atoms with Crippen LogP contribution >= 0.6 is 11.6 Å². The number of nitrogens with zero attached hydrogens (tertiary/aromatic N) is 2. The van der Waals surface area contributed by atoms with E-state index in [-0.39, 0.29) is 28.3 Å². The van der Waals surface area contributed by atoms with E-state index < -0.39 is 11.7 Å². The zero-order chi connectivity index (χ0) is 14.8. The van der Waals surface area contributed by atoms with Gasteiger partial charge in [0.15, 0.2) is 0 Å². The number of hydrogen-bond acceptors (Lipinski definition) is 2. The molecule has 0 spiro atoms. The normalized spacial score (nSPS) is 11.2.